The molecule has 0 spiro atoms. The van der Waals surface area contributed by atoms with Crippen LogP contribution in [0.4, 0.5) is 10.1 Å². The summed E-state index contributed by atoms with van der Waals surface area (Å²) < 4.78 is 48.3. The SMILES string of the molecule is CCCCNC(=O)[C@H](C)N(Cc1cccc(OC)c1)C(=O)CN(c1ccccc1F)S(=O)(=O)c1ccccc1. The van der Waals surface area contributed by atoms with E-state index in [1.165, 1.54) is 42.3 Å². The molecule has 1 N–H and O–H groups in total. The number of carbonyl (C=O) groups is 2. The van der Waals surface area contributed by atoms with Gasteiger partial charge in [0.2, 0.25) is 11.8 Å². The first-order valence-corrected chi connectivity index (χ1v) is 14.2. The monoisotopic (exact) mass is 555 g/mol. The molecule has 0 saturated carbocycles. The molecule has 0 aromatic heterocycles. The molecule has 0 radical (unpaired) electrons. The molecule has 0 aliphatic carbocycles. The molecule has 0 saturated heterocycles. The second-order valence-electron chi connectivity index (χ2n) is 8.97. The van der Waals surface area contributed by atoms with E-state index in [2.05, 4.69) is 5.32 Å². The highest BCUT2D eigenvalue weighted by Gasteiger charge is 2.33. The first-order valence-electron chi connectivity index (χ1n) is 12.7. The quantitative estimate of drug-likeness (QED) is 0.316. The largest absolute Gasteiger partial charge is 0.497 e. The Morgan fingerprint density at radius 3 is 2.36 bits per heavy atom. The highest BCUT2D eigenvalue weighted by Crippen LogP contribution is 2.27. The van der Waals surface area contributed by atoms with Crippen LogP contribution in [0.5, 0.6) is 5.75 Å². The number of rotatable bonds is 13. The molecule has 3 aromatic carbocycles. The molecule has 0 aliphatic rings. The molecule has 0 heterocycles. The number of unbranched alkanes of at least 4 members (excludes halogenated alkanes) is 1. The van der Waals surface area contributed by atoms with E-state index in [0.717, 1.165) is 23.2 Å². The number of nitrogens with zero attached hydrogens (tertiary/aromatic N) is 2. The molecular weight excluding hydrogens is 521 g/mol. The Labute approximate surface area is 229 Å². The Balaban J connectivity index is 2.01. The molecule has 0 aliphatic heterocycles. The Bertz CT molecular complexity index is 1370. The topological polar surface area (TPSA) is 96.0 Å². The second-order valence-corrected chi connectivity index (χ2v) is 10.8. The average molecular weight is 556 g/mol. The molecule has 3 aromatic rings. The summed E-state index contributed by atoms with van der Waals surface area (Å²) >= 11 is 0. The van der Waals surface area contributed by atoms with Crippen molar-refractivity contribution in [1.29, 1.82) is 0 Å². The van der Waals surface area contributed by atoms with E-state index in [0.29, 0.717) is 17.9 Å². The van der Waals surface area contributed by atoms with Gasteiger partial charge in [-0.25, -0.2) is 12.8 Å². The van der Waals surface area contributed by atoms with Gasteiger partial charge in [-0.15, -0.1) is 0 Å². The third-order valence-electron chi connectivity index (χ3n) is 6.22. The summed E-state index contributed by atoms with van der Waals surface area (Å²) in [6.45, 7) is 3.32. The third kappa shape index (κ3) is 7.57. The van der Waals surface area contributed by atoms with Gasteiger partial charge in [0, 0.05) is 13.1 Å². The number of carbonyl (C=O) groups excluding carboxylic acids is 2. The van der Waals surface area contributed by atoms with Crippen LogP contribution in [0.15, 0.2) is 83.8 Å². The summed E-state index contributed by atoms with van der Waals surface area (Å²) in [5.74, 6) is -1.27. The van der Waals surface area contributed by atoms with Crippen LogP contribution in [0, 0.1) is 5.82 Å². The van der Waals surface area contributed by atoms with E-state index in [1.807, 2.05) is 6.92 Å². The summed E-state index contributed by atoms with van der Waals surface area (Å²) in [5.41, 5.74) is 0.412. The summed E-state index contributed by atoms with van der Waals surface area (Å²) in [4.78, 5) is 28.0. The summed E-state index contributed by atoms with van der Waals surface area (Å²) in [6, 6.07) is 19.0. The van der Waals surface area contributed by atoms with Crippen molar-refractivity contribution in [1.82, 2.24) is 10.2 Å². The molecule has 2 amide bonds. The van der Waals surface area contributed by atoms with Crippen LogP contribution in [-0.2, 0) is 26.2 Å². The van der Waals surface area contributed by atoms with Crippen molar-refractivity contribution in [3.63, 3.8) is 0 Å². The van der Waals surface area contributed by atoms with Crippen LogP contribution in [0.2, 0.25) is 0 Å². The Morgan fingerprint density at radius 1 is 1.00 bits per heavy atom. The Kier molecular flexibility index (Phi) is 10.4. The van der Waals surface area contributed by atoms with Crippen molar-refractivity contribution in [2.24, 2.45) is 0 Å². The van der Waals surface area contributed by atoms with Gasteiger partial charge in [-0.1, -0.05) is 55.8 Å². The molecule has 3 rings (SSSR count). The normalized spacial score (nSPS) is 11.9. The predicted octanol–water partition coefficient (Wildman–Crippen LogP) is 4.36. The van der Waals surface area contributed by atoms with Gasteiger partial charge < -0.3 is 15.0 Å². The molecule has 1 atom stereocenters. The molecule has 8 nitrogen and oxygen atoms in total. The van der Waals surface area contributed by atoms with Crippen LogP contribution in [0.3, 0.4) is 0 Å². The summed E-state index contributed by atoms with van der Waals surface area (Å²) in [5, 5.41) is 2.83. The van der Waals surface area contributed by atoms with Gasteiger partial charge in [0.05, 0.1) is 17.7 Å². The number of benzene rings is 3. The maximum Gasteiger partial charge on any atom is 0.264 e. The Hall–Kier alpha value is -3.92. The van der Waals surface area contributed by atoms with Crippen LogP contribution < -0.4 is 14.4 Å². The lowest BCUT2D eigenvalue weighted by Crippen LogP contribution is -2.51. The van der Waals surface area contributed by atoms with Gasteiger partial charge in [-0.2, -0.15) is 0 Å². The van der Waals surface area contributed by atoms with E-state index in [4.69, 9.17) is 4.74 Å². The number of methoxy groups -OCH3 is 1. The number of hydrogen-bond donors (Lipinski definition) is 1. The van der Waals surface area contributed by atoms with E-state index < -0.39 is 34.3 Å². The zero-order valence-electron chi connectivity index (χ0n) is 22.3. The maximum absolute atomic E-state index is 14.9. The minimum Gasteiger partial charge on any atom is -0.497 e. The first kappa shape index (κ1) is 29.6. The second kappa shape index (κ2) is 13.7. The number of ether oxygens (including phenoxy) is 1. The number of anilines is 1. The van der Waals surface area contributed by atoms with E-state index in [-0.39, 0.29) is 23.0 Å². The van der Waals surface area contributed by atoms with Gasteiger partial charge in [0.1, 0.15) is 24.2 Å². The maximum atomic E-state index is 14.9. The number of para-hydroxylation sites is 1. The van der Waals surface area contributed by atoms with Crippen molar-refractivity contribution < 1.29 is 27.1 Å². The molecule has 208 valence electrons. The fraction of sp³-hybridized carbons (Fsp3) is 0.310. The van der Waals surface area contributed by atoms with Crippen molar-refractivity contribution in [3.05, 3.63) is 90.2 Å². The third-order valence-corrected chi connectivity index (χ3v) is 7.99. The van der Waals surface area contributed by atoms with Gasteiger partial charge >= 0.3 is 0 Å². The van der Waals surface area contributed by atoms with E-state index in [1.54, 1.807) is 49.4 Å². The van der Waals surface area contributed by atoms with Crippen LogP contribution in [0.25, 0.3) is 0 Å². The number of hydrogen-bond acceptors (Lipinski definition) is 5. The molecule has 0 bridgehead atoms. The van der Waals surface area contributed by atoms with Crippen LogP contribution in [0.1, 0.15) is 32.3 Å². The van der Waals surface area contributed by atoms with Crippen LogP contribution >= 0.6 is 0 Å². The van der Waals surface area contributed by atoms with E-state index >= 15 is 0 Å². The highest BCUT2D eigenvalue weighted by atomic mass is 32.2. The first-order chi connectivity index (χ1) is 18.7. The van der Waals surface area contributed by atoms with Crippen molar-refractivity contribution >= 4 is 27.5 Å². The molecule has 0 fully saturated rings. The van der Waals surface area contributed by atoms with Gasteiger partial charge in [-0.05, 0) is 55.3 Å². The zero-order chi connectivity index (χ0) is 28.4. The number of halogens is 1. The summed E-state index contributed by atoms with van der Waals surface area (Å²) in [7, 11) is -2.81. The van der Waals surface area contributed by atoms with Crippen molar-refractivity contribution in [3.8, 4) is 5.75 Å². The molecule has 0 unspecified atom stereocenters. The van der Waals surface area contributed by atoms with Gasteiger partial charge in [0.25, 0.3) is 10.0 Å². The average Bonchev–Trinajstić information content (AvgIpc) is 2.95. The number of amides is 2. The standard InChI is InChI=1S/C29H34FN3O5S/c1-4-5-18-31-29(35)22(2)32(20-23-12-11-13-24(19-23)38-3)28(34)21-33(27-17-10-9-16-26(27)30)39(36,37)25-14-7-6-8-15-25/h6-17,19,22H,4-5,18,20-21H2,1-3H3,(H,31,35)/t22-/m0/s1. The lowest BCUT2D eigenvalue weighted by molar-refractivity contribution is -0.139. The van der Waals surface area contributed by atoms with Gasteiger partial charge in [-0.3, -0.25) is 13.9 Å². The minimum absolute atomic E-state index is 0.00882. The van der Waals surface area contributed by atoms with Crippen LogP contribution in [-0.4, -0.2) is 51.4 Å². The minimum atomic E-state index is -4.33. The van der Waals surface area contributed by atoms with Crippen molar-refractivity contribution in [2.45, 2.75) is 44.2 Å². The lowest BCUT2D eigenvalue weighted by Gasteiger charge is -2.32. The van der Waals surface area contributed by atoms with Gasteiger partial charge in [0.15, 0.2) is 0 Å². The molecule has 10 heteroatoms. The predicted molar refractivity (Wildman–Crippen MR) is 148 cm³/mol. The summed E-state index contributed by atoms with van der Waals surface area (Å²) in [6.07, 6.45) is 1.66. The lowest BCUT2D eigenvalue weighted by atomic mass is 10.1. The number of nitrogens with one attached hydrogen (secondary N) is 1. The zero-order valence-corrected chi connectivity index (χ0v) is 23.2. The Morgan fingerprint density at radius 2 is 1.69 bits per heavy atom. The smallest absolute Gasteiger partial charge is 0.264 e. The van der Waals surface area contributed by atoms with E-state index in [9.17, 15) is 22.4 Å². The van der Waals surface area contributed by atoms with Crippen molar-refractivity contribution in [2.75, 3.05) is 24.5 Å². The number of sulfonamides is 1. The molecular formula is C29H34FN3O5S. The highest BCUT2D eigenvalue weighted by molar-refractivity contribution is 7.92. The fourth-order valence-corrected chi connectivity index (χ4v) is 5.42. The molecule has 39 heavy (non-hydrogen) atoms. The fourth-order valence-electron chi connectivity index (χ4n) is 3.97.